The van der Waals surface area contributed by atoms with Crippen LogP contribution in [0, 0.1) is 5.82 Å². The first-order valence-corrected chi connectivity index (χ1v) is 8.06. The summed E-state index contributed by atoms with van der Waals surface area (Å²) in [5.41, 5.74) is 2.72. The number of nitrogens with zero attached hydrogens (tertiary/aromatic N) is 2. The van der Waals surface area contributed by atoms with E-state index in [-0.39, 0.29) is 4.90 Å². The third kappa shape index (κ3) is 2.29. The molecular formula is C12H11FN2O2S2. The summed E-state index contributed by atoms with van der Waals surface area (Å²) < 4.78 is 39.1. The zero-order valence-corrected chi connectivity index (χ0v) is 11.5. The number of halogens is 1. The van der Waals surface area contributed by atoms with E-state index in [1.54, 1.807) is 5.51 Å². The zero-order chi connectivity index (χ0) is 13.5. The fourth-order valence-corrected chi connectivity index (χ4v) is 4.38. The Kier molecular flexibility index (Phi) is 3.12. The highest BCUT2D eigenvalue weighted by molar-refractivity contribution is 7.89. The first-order chi connectivity index (χ1) is 9.07. The van der Waals surface area contributed by atoms with Crippen molar-refractivity contribution in [1.82, 2.24) is 9.29 Å². The summed E-state index contributed by atoms with van der Waals surface area (Å²) in [4.78, 5) is 5.32. The number of aromatic nitrogens is 1. The van der Waals surface area contributed by atoms with Gasteiger partial charge in [0.2, 0.25) is 10.0 Å². The van der Waals surface area contributed by atoms with E-state index in [9.17, 15) is 12.8 Å². The second-order valence-electron chi connectivity index (χ2n) is 4.26. The molecule has 1 aliphatic heterocycles. The molecule has 0 unspecified atom stereocenters. The van der Waals surface area contributed by atoms with Crippen molar-refractivity contribution in [2.24, 2.45) is 0 Å². The standard InChI is InChI=1S/C12H11FN2O2S2/c13-9-1-3-10(4-2-9)19(16,17)15-6-5-11-12(7-15)18-8-14-11/h1-4,8H,5-7H2. The fraction of sp³-hybridized carbons (Fsp3) is 0.250. The van der Waals surface area contributed by atoms with Gasteiger partial charge in [0.1, 0.15) is 5.82 Å². The quantitative estimate of drug-likeness (QED) is 0.852. The van der Waals surface area contributed by atoms with E-state index in [1.165, 1.54) is 27.8 Å². The minimum atomic E-state index is -3.55. The maximum Gasteiger partial charge on any atom is 0.243 e. The minimum absolute atomic E-state index is 0.127. The van der Waals surface area contributed by atoms with Crippen molar-refractivity contribution in [3.63, 3.8) is 0 Å². The molecule has 7 heteroatoms. The molecule has 0 aliphatic carbocycles. The van der Waals surface area contributed by atoms with Crippen molar-refractivity contribution >= 4 is 21.4 Å². The molecule has 0 saturated heterocycles. The SMILES string of the molecule is O=S(=O)(c1ccc(F)cc1)N1CCc2ncsc2C1. The molecule has 19 heavy (non-hydrogen) atoms. The lowest BCUT2D eigenvalue weighted by molar-refractivity contribution is 0.393. The van der Waals surface area contributed by atoms with Gasteiger partial charge in [-0.2, -0.15) is 4.31 Å². The van der Waals surface area contributed by atoms with Gasteiger partial charge >= 0.3 is 0 Å². The highest BCUT2D eigenvalue weighted by Crippen LogP contribution is 2.26. The number of benzene rings is 1. The Labute approximate surface area is 114 Å². The van der Waals surface area contributed by atoms with Crippen LogP contribution in [-0.4, -0.2) is 24.3 Å². The number of fused-ring (bicyclic) bond motifs is 1. The molecule has 100 valence electrons. The van der Waals surface area contributed by atoms with Crippen molar-refractivity contribution in [1.29, 1.82) is 0 Å². The van der Waals surface area contributed by atoms with Crippen molar-refractivity contribution in [3.8, 4) is 0 Å². The average Bonchev–Trinajstić information content (AvgIpc) is 2.86. The predicted molar refractivity (Wildman–Crippen MR) is 69.8 cm³/mol. The lowest BCUT2D eigenvalue weighted by Crippen LogP contribution is -2.35. The Hall–Kier alpha value is -1.31. The summed E-state index contributed by atoms with van der Waals surface area (Å²) in [5, 5.41) is 0. The van der Waals surface area contributed by atoms with Crippen molar-refractivity contribution in [2.45, 2.75) is 17.9 Å². The average molecular weight is 298 g/mol. The Bertz CT molecular complexity index is 695. The van der Waals surface area contributed by atoms with Gasteiger partial charge in [-0.1, -0.05) is 0 Å². The second-order valence-corrected chi connectivity index (χ2v) is 7.14. The number of rotatable bonds is 2. The molecule has 0 atom stereocenters. The highest BCUT2D eigenvalue weighted by atomic mass is 32.2. The molecule has 0 radical (unpaired) electrons. The van der Waals surface area contributed by atoms with Crippen LogP contribution in [0.4, 0.5) is 4.39 Å². The largest absolute Gasteiger partial charge is 0.249 e. The van der Waals surface area contributed by atoms with Gasteiger partial charge < -0.3 is 0 Å². The van der Waals surface area contributed by atoms with Crippen LogP contribution in [0.15, 0.2) is 34.7 Å². The predicted octanol–water partition coefficient (Wildman–Crippen LogP) is 2.03. The Morgan fingerprint density at radius 1 is 1.26 bits per heavy atom. The number of hydrogen-bond donors (Lipinski definition) is 0. The molecular weight excluding hydrogens is 287 g/mol. The summed E-state index contributed by atoms with van der Waals surface area (Å²) in [7, 11) is -3.55. The number of thiazole rings is 1. The van der Waals surface area contributed by atoms with E-state index >= 15 is 0 Å². The minimum Gasteiger partial charge on any atom is -0.249 e. The molecule has 0 fully saturated rings. The van der Waals surface area contributed by atoms with Crippen LogP contribution in [0.3, 0.4) is 0 Å². The third-order valence-corrected chi connectivity index (χ3v) is 5.81. The molecule has 0 spiro atoms. The summed E-state index contributed by atoms with van der Waals surface area (Å²) in [6.07, 6.45) is 0.624. The molecule has 2 heterocycles. The van der Waals surface area contributed by atoms with Crippen LogP contribution in [0.25, 0.3) is 0 Å². The summed E-state index contributed by atoms with van der Waals surface area (Å²) in [5.74, 6) is -0.442. The maximum absolute atomic E-state index is 12.9. The van der Waals surface area contributed by atoms with Crippen LogP contribution >= 0.6 is 11.3 Å². The first-order valence-electron chi connectivity index (χ1n) is 5.74. The van der Waals surface area contributed by atoms with Gasteiger partial charge in [0, 0.05) is 17.8 Å². The monoisotopic (exact) mass is 298 g/mol. The van der Waals surface area contributed by atoms with Crippen molar-refractivity contribution < 1.29 is 12.8 Å². The van der Waals surface area contributed by atoms with Crippen LogP contribution in [0.5, 0.6) is 0 Å². The van der Waals surface area contributed by atoms with Gasteiger partial charge in [-0.15, -0.1) is 11.3 Å². The van der Waals surface area contributed by atoms with Gasteiger partial charge in [0.25, 0.3) is 0 Å². The molecule has 1 aliphatic rings. The van der Waals surface area contributed by atoms with E-state index in [0.717, 1.165) is 22.7 Å². The van der Waals surface area contributed by atoms with E-state index in [1.807, 2.05) is 0 Å². The van der Waals surface area contributed by atoms with Crippen LogP contribution in [-0.2, 0) is 23.0 Å². The smallest absolute Gasteiger partial charge is 0.243 e. The van der Waals surface area contributed by atoms with Gasteiger partial charge in [-0.05, 0) is 24.3 Å². The molecule has 1 aromatic carbocycles. The van der Waals surface area contributed by atoms with E-state index in [4.69, 9.17) is 0 Å². The lowest BCUT2D eigenvalue weighted by atomic mass is 10.2. The fourth-order valence-electron chi connectivity index (χ4n) is 2.06. The zero-order valence-electron chi connectivity index (χ0n) is 9.91. The molecule has 0 amide bonds. The lowest BCUT2D eigenvalue weighted by Gasteiger charge is -2.25. The second kappa shape index (κ2) is 4.66. The van der Waals surface area contributed by atoms with E-state index in [2.05, 4.69) is 4.98 Å². The topological polar surface area (TPSA) is 50.3 Å². The molecule has 0 bridgehead atoms. The third-order valence-electron chi connectivity index (χ3n) is 3.09. The normalized spacial score (nSPS) is 16.3. The Balaban J connectivity index is 1.92. The molecule has 0 N–H and O–H groups in total. The summed E-state index contributed by atoms with van der Waals surface area (Å²) >= 11 is 1.47. The number of hydrogen-bond acceptors (Lipinski definition) is 4. The Morgan fingerprint density at radius 3 is 2.74 bits per heavy atom. The van der Waals surface area contributed by atoms with Crippen LogP contribution < -0.4 is 0 Å². The van der Waals surface area contributed by atoms with Crippen LogP contribution in [0.2, 0.25) is 0 Å². The summed E-state index contributed by atoms with van der Waals surface area (Å²) in [6, 6.07) is 4.92. The van der Waals surface area contributed by atoms with E-state index in [0.29, 0.717) is 19.5 Å². The highest BCUT2D eigenvalue weighted by Gasteiger charge is 2.29. The Morgan fingerprint density at radius 2 is 2.00 bits per heavy atom. The van der Waals surface area contributed by atoms with Gasteiger partial charge in [-0.25, -0.2) is 17.8 Å². The molecule has 1 aromatic heterocycles. The van der Waals surface area contributed by atoms with Crippen molar-refractivity contribution in [3.05, 3.63) is 46.2 Å². The summed E-state index contributed by atoms with van der Waals surface area (Å²) in [6.45, 7) is 0.760. The van der Waals surface area contributed by atoms with Crippen LogP contribution in [0.1, 0.15) is 10.6 Å². The van der Waals surface area contributed by atoms with Gasteiger partial charge in [0.15, 0.2) is 0 Å². The molecule has 4 nitrogen and oxygen atoms in total. The number of sulfonamides is 1. The van der Waals surface area contributed by atoms with E-state index < -0.39 is 15.8 Å². The van der Waals surface area contributed by atoms with Crippen molar-refractivity contribution in [2.75, 3.05) is 6.54 Å². The van der Waals surface area contributed by atoms with Gasteiger partial charge in [0.05, 0.1) is 22.6 Å². The molecule has 2 aromatic rings. The molecule has 3 rings (SSSR count). The van der Waals surface area contributed by atoms with Gasteiger partial charge in [-0.3, -0.25) is 0 Å². The molecule has 0 saturated carbocycles. The first kappa shape index (κ1) is 12.7. The maximum atomic E-state index is 12.9.